The lowest BCUT2D eigenvalue weighted by Gasteiger charge is -2.10. The van der Waals surface area contributed by atoms with Crippen LogP contribution in [-0.2, 0) is 0 Å². The molecule has 70 valence electrons. The predicted molar refractivity (Wildman–Crippen MR) is 54.6 cm³/mol. The van der Waals surface area contributed by atoms with Crippen molar-refractivity contribution in [2.24, 2.45) is 0 Å². The number of halogens is 2. The van der Waals surface area contributed by atoms with E-state index in [1.54, 1.807) is 23.9 Å². The summed E-state index contributed by atoms with van der Waals surface area (Å²) in [6.45, 7) is 0.932. The Morgan fingerprint density at radius 3 is 3.08 bits per heavy atom. The van der Waals surface area contributed by atoms with E-state index in [1.807, 2.05) is 0 Å². The molecule has 0 saturated carbocycles. The zero-order valence-corrected chi connectivity index (χ0v) is 8.46. The summed E-state index contributed by atoms with van der Waals surface area (Å²) in [6.07, 6.45) is 0. The van der Waals surface area contributed by atoms with E-state index in [2.05, 4.69) is 5.32 Å². The highest BCUT2D eigenvalue weighted by molar-refractivity contribution is 7.99. The molecule has 0 radical (unpaired) electrons. The van der Waals surface area contributed by atoms with Gasteiger partial charge in [0.2, 0.25) is 0 Å². The minimum atomic E-state index is -0.184. The molecule has 1 N–H and O–H groups in total. The second-order valence-electron chi connectivity index (χ2n) is 2.87. The normalized spacial score (nSPS) is 22.2. The fraction of sp³-hybridized carbons (Fsp3) is 0.333. The van der Waals surface area contributed by atoms with E-state index in [0.29, 0.717) is 10.6 Å². The minimum absolute atomic E-state index is 0.0682. The van der Waals surface area contributed by atoms with Crippen LogP contribution in [-0.4, -0.2) is 12.3 Å². The highest BCUT2D eigenvalue weighted by atomic mass is 35.5. The zero-order valence-electron chi connectivity index (χ0n) is 6.89. The molecule has 1 unspecified atom stereocenters. The summed E-state index contributed by atoms with van der Waals surface area (Å²) in [5.41, 5.74) is 0.662. The molecule has 0 bridgehead atoms. The van der Waals surface area contributed by atoms with Gasteiger partial charge in [0.25, 0.3) is 0 Å². The first kappa shape index (κ1) is 9.31. The van der Waals surface area contributed by atoms with Crippen molar-refractivity contribution >= 4 is 23.4 Å². The summed E-state index contributed by atoms with van der Waals surface area (Å²) in [5.74, 6) is 0.840. The van der Waals surface area contributed by atoms with Crippen LogP contribution in [0, 0.1) is 5.82 Å². The van der Waals surface area contributed by atoms with Gasteiger partial charge >= 0.3 is 0 Å². The molecule has 4 heteroatoms. The summed E-state index contributed by atoms with van der Waals surface area (Å²) in [6, 6.07) is 4.67. The van der Waals surface area contributed by atoms with Crippen LogP contribution in [0.5, 0.6) is 0 Å². The number of hydrogen-bond acceptors (Lipinski definition) is 2. The topological polar surface area (TPSA) is 12.0 Å². The van der Waals surface area contributed by atoms with E-state index < -0.39 is 0 Å². The fourth-order valence-corrected chi connectivity index (χ4v) is 2.59. The third-order valence-electron chi connectivity index (χ3n) is 1.96. The van der Waals surface area contributed by atoms with Crippen molar-refractivity contribution in [1.29, 1.82) is 0 Å². The molecule has 2 rings (SSSR count). The van der Waals surface area contributed by atoms with Gasteiger partial charge in [0.05, 0.1) is 5.37 Å². The van der Waals surface area contributed by atoms with Crippen molar-refractivity contribution in [3.63, 3.8) is 0 Å². The van der Waals surface area contributed by atoms with Gasteiger partial charge in [-0.25, -0.2) is 4.39 Å². The molecule has 1 aromatic rings. The van der Waals surface area contributed by atoms with Crippen LogP contribution in [0.4, 0.5) is 4.39 Å². The standard InChI is InChI=1S/C9H9ClFNS/c10-6-1-2-8(11)7(5-6)9-12-3-4-13-9/h1-2,5,9,12H,3-4H2. The van der Waals surface area contributed by atoms with Crippen LogP contribution in [0.2, 0.25) is 5.02 Å². The first-order valence-electron chi connectivity index (χ1n) is 4.07. The maximum absolute atomic E-state index is 13.3. The lowest BCUT2D eigenvalue weighted by Crippen LogP contribution is -2.13. The molecule has 13 heavy (non-hydrogen) atoms. The van der Waals surface area contributed by atoms with Gasteiger partial charge in [-0.2, -0.15) is 0 Å². The molecular formula is C9H9ClFNS. The van der Waals surface area contributed by atoms with Crippen LogP contribution in [0.25, 0.3) is 0 Å². The Bertz CT molecular complexity index is 312. The first-order valence-corrected chi connectivity index (χ1v) is 5.50. The zero-order chi connectivity index (χ0) is 9.26. The molecule has 1 aliphatic heterocycles. The first-order chi connectivity index (χ1) is 6.27. The average Bonchev–Trinajstić information content (AvgIpc) is 2.61. The summed E-state index contributed by atoms with van der Waals surface area (Å²) >= 11 is 7.50. The van der Waals surface area contributed by atoms with E-state index in [4.69, 9.17) is 11.6 Å². The van der Waals surface area contributed by atoms with Crippen molar-refractivity contribution in [3.05, 3.63) is 34.6 Å². The molecule has 0 aliphatic carbocycles. The molecule has 1 fully saturated rings. The SMILES string of the molecule is Fc1ccc(Cl)cc1C1NCCS1. The van der Waals surface area contributed by atoms with E-state index in [9.17, 15) is 4.39 Å². The molecular weight excluding hydrogens is 209 g/mol. The van der Waals surface area contributed by atoms with Gasteiger partial charge in [0.15, 0.2) is 0 Å². The molecule has 1 atom stereocenters. The lowest BCUT2D eigenvalue weighted by molar-refractivity contribution is 0.595. The van der Waals surface area contributed by atoms with Gasteiger partial charge in [-0.3, -0.25) is 0 Å². The number of benzene rings is 1. The lowest BCUT2D eigenvalue weighted by atomic mass is 10.2. The molecule has 1 heterocycles. The summed E-state index contributed by atoms with van der Waals surface area (Å²) in [5, 5.41) is 3.86. The van der Waals surface area contributed by atoms with Gasteiger partial charge in [0.1, 0.15) is 5.82 Å². The molecule has 1 nitrogen and oxygen atoms in total. The van der Waals surface area contributed by atoms with Crippen LogP contribution in [0.15, 0.2) is 18.2 Å². The Morgan fingerprint density at radius 1 is 1.54 bits per heavy atom. The van der Waals surface area contributed by atoms with E-state index in [1.165, 1.54) is 6.07 Å². The molecule has 0 amide bonds. The number of nitrogens with one attached hydrogen (secondary N) is 1. The average molecular weight is 218 g/mol. The fourth-order valence-electron chi connectivity index (χ4n) is 1.34. The second kappa shape index (κ2) is 3.86. The van der Waals surface area contributed by atoms with E-state index >= 15 is 0 Å². The number of rotatable bonds is 1. The van der Waals surface area contributed by atoms with Crippen molar-refractivity contribution in [2.45, 2.75) is 5.37 Å². The number of hydrogen-bond donors (Lipinski definition) is 1. The van der Waals surface area contributed by atoms with Crippen molar-refractivity contribution < 1.29 is 4.39 Å². The molecule has 1 aromatic carbocycles. The summed E-state index contributed by atoms with van der Waals surface area (Å²) in [4.78, 5) is 0. The van der Waals surface area contributed by atoms with Gasteiger partial charge < -0.3 is 5.32 Å². The highest BCUT2D eigenvalue weighted by Crippen LogP contribution is 2.32. The van der Waals surface area contributed by atoms with Gasteiger partial charge in [-0.1, -0.05) is 11.6 Å². The highest BCUT2D eigenvalue weighted by Gasteiger charge is 2.19. The summed E-state index contributed by atoms with van der Waals surface area (Å²) in [7, 11) is 0. The quantitative estimate of drug-likeness (QED) is 0.777. The second-order valence-corrected chi connectivity index (χ2v) is 4.52. The molecule has 0 spiro atoms. The Labute approximate surface area is 85.7 Å². The monoisotopic (exact) mass is 217 g/mol. The Hall–Kier alpha value is -0.250. The Balaban J connectivity index is 2.32. The molecule has 0 aromatic heterocycles. The third kappa shape index (κ3) is 1.98. The van der Waals surface area contributed by atoms with E-state index in [0.717, 1.165) is 12.3 Å². The van der Waals surface area contributed by atoms with Crippen molar-refractivity contribution in [1.82, 2.24) is 5.32 Å². The van der Waals surface area contributed by atoms with Gasteiger partial charge in [0, 0.05) is 22.9 Å². The van der Waals surface area contributed by atoms with Crippen molar-refractivity contribution in [3.8, 4) is 0 Å². The third-order valence-corrected chi connectivity index (χ3v) is 3.39. The smallest absolute Gasteiger partial charge is 0.128 e. The van der Waals surface area contributed by atoms with Gasteiger partial charge in [-0.15, -0.1) is 11.8 Å². The largest absolute Gasteiger partial charge is 0.301 e. The van der Waals surface area contributed by atoms with Crippen LogP contribution < -0.4 is 5.32 Å². The van der Waals surface area contributed by atoms with Crippen LogP contribution in [0.3, 0.4) is 0 Å². The minimum Gasteiger partial charge on any atom is -0.301 e. The van der Waals surface area contributed by atoms with Crippen LogP contribution in [0.1, 0.15) is 10.9 Å². The maximum atomic E-state index is 13.3. The molecule has 1 aliphatic rings. The van der Waals surface area contributed by atoms with Gasteiger partial charge in [-0.05, 0) is 18.2 Å². The number of thioether (sulfide) groups is 1. The van der Waals surface area contributed by atoms with Crippen LogP contribution >= 0.6 is 23.4 Å². The summed E-state index contributed by atoms with van der Waals surface area (Å²) < 4.78 is 13.3. The molecule has 1 saturated heterocycles. The maximum Gasteiger partial charge on any atom is 0.128 e. The Kier molecular flexibility index (Phi) is 2.77. The predicted octanol–water partition coefficient (Wildman–Crippen LogP) is 2.81. The van der Waals surface area contributed by atoms with E-state index in [-0.39, 0.29) is 11.2 Å². The van der Waals surface area contributed by atoms with Crippen molar-refractivity contribution in [2.75, 3.05) is 12.3 Å². The Morgan fingerprint density at radius 2 is 2.38 bits per heavy atom.